The lowest BCUT2D eigenvalue weighted by Crippen LogP contribution is -2.52. The lowest BCUT2D eigenvalue weighted by molar-refractivity contribution is -0.126. The van der Waals surface area contributed by atoms with Gasteiger partial charge in [0, 0.05) is 37.2 Å². The summed E-state index contributed by atoms with van der Waals surface area (Å²) in [6.07, 6.45) is 1.40. The number of carbonyl (C=O) groups is 1. The largest absolute Gasteiger partial charge is 0.379 e. The fraction of sp³-hybridized carbons (Fsp3) is 0.588. The van der Waals surface area contributed by atoms with Crippen molar-refractivity contribution in [1.82, 2.24) is 13.9 Å². The van der Waals surface area contributed by atoms with Crippen LogP contribution < -0.4 is 5.32 Å². The molecule has 7 nitrogen and oxygen atoms in total. The van der Waals surface area contributed by atoms with E-state index < -0.39 is 10.2 Å². The van der Waals surface area contributed by atoms with Gasteiger partial charge in [-0.05, 0) is 30.5 Å². The monoisotopic (exact) mass is 445 g/mol. The molecule has 2 saturated heterocycles. The molecule has 0 aliphatic carbocycles. The van der Waals surface area contributed by atoms with E-state index in [-0.39, 0.29) is 18.4 Å². The zero-order chi connectivity index (χ0) is 18.6. The molecule has 0 bridgehead atoms. The summed E-state index contributed by atoms with van der Waals surface area (Å²) in [6, 6.07) is 7.75. The highest BCUT2D eigenvalue weighted by atomic mass is 79.9. The number of piperidine rings is 1. The number of hydrogen-bond acceptors (Lipinski definition) is 4. The molecule has 1 unspecified atom stereocenters. The van der Waals surface area contributed by atoms with E-state index in [1.165, 1.54) is 8.61 Å². The van der Waals surface area contributed by atoms with Gasteiger partial charge in [0.2, 0.25) is 5.91 Å². The molecule has 0 saturated carbocycles. The van der Waals surface area contributed by atoms with Gasteiger partial charge in [0.15, 0.2) is 0 Å². The van der Waals surface area contributed by atoms with Crippen molar-refractivity contribution in [1.29, 1.82) is 0 Å². The normalized spacial score (nSPS) is 22.9. The number of carbonyl (C=O) groups excluding carboxylic acids is 1. The molecule has 26 heavy (non-hydrogen) atoms. The average molecular weight is 446 g/mol. The van der Waals surface area contributed by atoms with Crippen LogP contribution in [0.3, 0.4) is 0 Å². The molecule has 1 N–H and O–H groups in total. The van der Waals surface area contributed by atoms with Crippen molar-refractivity contribution in [2.45, 2.75) is 19.4 Å². The Morgan fingerprint density at radius 2 is 2.00 bits per heavy atom. The first-order chi connectivity index (χ1) is 12.5. The molecule has 2 aliphatic rings. The van der Waals surface area contributed by atoms with Crippen LogP contribution in [0.2, 0.25) is 0 Å². The van der Waals surface area contributed by atoms with Gasteiger partial charge in [-0.3, -0.25) is 4.79 Å². The van der Waals surface area contributed by atoms with Crippen LogP contribution in [0, 0.1) is 5.92 Å². The SMILES string of the molecule is O=C(NCc1cccc(Br)c1)C1CCCN(S(=O)(=O)N2CCOCC2)C1. The Balaban J connectivity index is 1.58. The van der Waals surface area contributed by atoms with E-state index in [0.717, 1.165) is 10.0 Å². The van der Waals surface area contributed by atoms with Crippen LogP contribution in [-0.4, -0.2) is 62.3 Å². The van der Waals surface area contributed by atoms with E-state index in [1.54, 1.807) is 0 Å². The van der Waals surface area contributed by atoms with Crippen molar-refractivity contribution < 1.29 is 17.9 Å². The summed E-state index contributed by atoms with van der Waals surface area (Å²) in [5.41, 5.74) is 1.00. The summed E-state index contributed by atoms with van der Waals surface area (Å²) < 4.78 is 34.7. The number of hydrogen-bond donors (Lipinski definition) is 1. The summed E-state index contributed by atoms with van der Waals surface area (Å²) in [4.78, 5) is 12.5. The molecular weight excluding hydrogens is 422 g/mol. The number of benzene rings is 1. The van der Waals surface area contributed by atoms with Gasteiger partial charge in [-0.15, -0.1) is 0 Å². The maximum atomic E-state index is 12.8. The Morgan fingerprint density at radius 3 is 2.73 bits per heavy atom. The fourth-order valence-corrected chi connectivity index (χ4v) is 5.40. The molecule has 0 spiro atoms. The molecule has 1 amide bonds. The molecule has 1 aromatic carbocycles. The average Bonchev–Trinajstić information content (AvgIpc) is 2.67. The quantitative estimate of drug-likeness (QED) is 0.741. The van der Waals surface area contributed by atoms with Gasteiger partial charge in [-0.2, -0.15) is 17.0 Å². The summed E-state index contributed by atoms with van der Waals surface area (Å²) in [5, 5.41) is 2.93. The number of ether oxygens (including phenoxy) is 1. The third-order valence-corrected chi connectivity index (χ3v) is 7.23. The summed E-state index contributed by atoms with van der Waals surface area (Å²) >= 11 is 3.41. The van der Waals surface area contributed by atoms with Crippen LogP contribution in [0.1, 0.15) is 18.4 Å². The summed E-state index contributed by atoms with van der Waals surface area (Å²) in [5.74, 6) is -0.404. The Kier molecular flexibility index (Phi) is 6.68. The van der Waals surface area contributed by atoms with Gasteiger partial charge < -0.3 is 10.1 Å². The second-order valence-corrected chi connectivity index (χ2v) is 9.41. The molecule has 1 atom stereocenters. The summed E-state index contributed by atoms with van der Waals surface area (Å²) in [6.45, 7) is 2.73. The first-order valence-electron chi connectivity index (χ1n) is 8.82. The van der Waals surface area contributed by atoms with Crippen LogP contribution in [0.4, 0.5) is 0 Å². The minimum absolute atomic E-state index is 0.0909. The van der Waals surface area contributed by atoms with Crippen molar-refractivity contribution in [3.63, 3.8) is 0 Å². The molecule has 2 fully saturated rings. The Labute approximate surface area is 163 Å². The van der Waals surface area contributed by atoms with E-state index in [4.69, 9.17) is 4.74 Å². The van der Waals surface area contributed by atoms with Gasteiger partial charge in [0.25, 0.3) is 10.2 Å². The Bertz CT molecular complexity index is 737. The van der Waals surface area contributed by atoms with Crippen LogP contribution in [0.15, 0.2) is 28.7 Å². The number of nitrogens with zero attached hydrogens (tertiary/aromatic N) is 2. The minimum Gasteiger partial charge on any atom is -0.379 e. The second kappa shape index (κ2) is 8.79. The van der Waals surface area contributed by atoms with Crippen LogP contribution in [-0.2, 0) is 26.3 Å². The molecule has 3 rings (SSSR count). The van der Waals surface area contributed by atoms with E-state index in [1.807, 2.05) is 24.3 Å². The number of rotatable bonds is 5. The van der Waals surface area contributed by atoms with Crippen LogP contribution in [0.25, 0.3) is 0 Å². The molecule has 1 aromatic rings. The zero-order valence-electron chi connectivity index (χ0n) is 14.6. The lowest BCUT2D eigenvalue weighted by Gasteiger charge is -2.36. The van der Waals surface area contributed by atoms with Crippen LogP contribution >= 0.6 is 15.9 Å². The standard InChI is InChI=1S/C17H24BrN3O4S/c18-16-5-1-3-14(11-16)12-19-17(22)15-4-2-6-21(13-15)26(23,24)20-7-9-25-10-8-20/h1,3,5,11,15H,2,4,6-10,12-13H2,(H,19,22). The molecule has 2 aliphatic heterocycles. The third-order valence-electron chi connectivity index (χ3n) is 4.73. The van der Waals surface area contributed by atoms with E-state index in [9.17, 15) is 13.2 Å². The predicted molar refractivity (Wildman–Crippen MR) is 102 cm³/mol. The van der Waals surface area contributed by atoms with Gasteiger partial charge in [0.1, 0.15) is 0 Å². The van der Waals surface area contributed by atoms with Crippen molar-refractivity contribution in [3.05, 3.63) is 34.3 Å². The molecule has 2 heterocycles. The topological polar surface area (TPSA) is 79.0 Å². The summed E-state index contributed by atoms with van der Waals surface area (Å²) in [7, 11) is -3.52. The van der Waals surface area contributed by atoms with E-state index in [2.05, 4.69) is 21.2 Å². The van der Waals surface area contributed by atoms with Crippen molar-refractivity contribution in [2.75, 3.05) is 39.4 Å². The third kappa shape index (κ3) is 4.83. The zero-order valence-corrected chi connectivity index (χ0v) is 17.0. The maximum absolute atomic E-state index is 12.8. The van der Waals surface area contributed by atoms with Crippen molar-refractivity contribution in [2.24, 2.45) is 5.92 Å². The lowest BCUT2D eigenvalue weighted by atomic mass is 9.99. The number of halogens is 1. The number of morpholine rings is 1. The van der Waals surface area contributed by atoms with Crippen molar-refractivity contribution in [3.8, 4) is 0 Å². The molecular formula is C17H24BrN3O4S. The van der Waals surface area contributed by atoms with E-state index in [0.29, 0.717) is 52.2 Å². The van der Waals surface area contributed by atoms with E-state index >= 15 is 0 Å². The highest BCUT2D eigenvalue weighted by Gasteiger charge is 2.36. The predicted octanol–water partition coefficient (Wildman–Crippen LogP) is 1.35. The maximum Gasteiger partial charge on any atom is 0.282 e. The fourth-order valence-electron chi connectivity index (χ4n) is 3.29. The van der Waals surface area contributed by atoms with Crippen molar-refractivity contribution >= 4 is 32.0 Å². The number of amides is 1. The highest BCUT2D eigenvalue weighted by molar-refractivity contribution is 9.10. The highest BCUT2D eigenvalue weighted by Crippen LogP contribution is 2.22. The smallest absolute Gasteiger partial charge is 0.282 e. The minimum atomic E-state index is -3.52. The van der Waals surface area contributed by atoms with Gasteiger partial charge >= 0.3 is 0 Å². The Hall–Kier alpha value is -1.00. The second-order valence-electron chi connectivity index (χ2n) is 6.56. The molecule has 0 aromatic heterocycles. The van der Waals surface area contributed by atoms with Gasteiger partial charge in [-0.25, -0.2) is 0 Å². The number of nitrogens with one attached hydrogen (secondary N) is 1. The van der Waals surface area contributed by atoms with Gasteiger partial charge in [0.05, 0.1) is 19.1 Å². The molecule has 144 valence electrons. The first-order valence-corrected chi connectivity index (χ1v) is 11.0. The molecule has 0 radical (unpaired) electrons. The molecule has 9 heteroatoms. The Morgan fingerprint density at radius 1 is 1.23 bits per heavy atom. The van der Waals surface area contributed by atoms with Crippen LogP contribution in [0.5, 0.6) is 0 Å². The first kappa shape index (κ1) is 19.8. The van der Waals surface area contributed by atoms with Gasteiger partial charge in [-0.1, -0.05) is 28.1 Å².